The maximum atomic E-state index is 12.1. The SMILES string of the molecule is COCCNC(=O)c1ccccc1OC1CCCCC1. The number of para-hydroxylation sites is 1. The molecule has 110 valence electrons. The van der Waals surface area contributed by atoms with E-state index in [0.717, 1.165) is 12.8 Å². The number of hydrogen-bond donors (Lipinski definition) is 1. The zero-order chi connectivity index (χ0) is 14.2. The number of ether oxygens (including phenoxy) is 2. The van der Waals surface area contributed by atoms with Gasteiger partial charge in [0.15, 0.2) is 0 Å². The van der Waals surface area contributed by atoms with Gasteiger partial charge in [0.05, 0.1) is 18.3 Å². The number of nitrogens with one attached hydrogen (secondary N) is 1. The van der Waals surface area contributed by atoms with Crippen LogP contribution >= 0.6 is 0 Å². The van der Waals surface area contributed by atoms with Gasteiger partial charge in [0.2, 0.25) is 0 Å². The minimum absolute atomic E-state index is 0.103. The summed E-state index contributed by atoms with van der Waals surface area (Å²) in [5, 5.41) is 2.83. The van der Waals surface area contributed by atoms with Crippen LogP contribution in [-0.2, 0) is 4.74 Å². The van der Waals surface area contributed by atoms with E-state index in [2.05, 4.69) is 5.32 Å². The third-order valence-corrected chi connectivity index (χ3v) is 3.57. The van der Waals surface area contributed by atoms with E-state index < -0.39 is 0 Å². The molecule has 0 atom stereocenters. The standard InChI is InChI=1S/C16H23NO3/c1-19-12-11-17-16(18)14-9-5-6-10-15(14)20-13-7-3-2-4-8-13/h5-6,9-10,13H,2-4,7-8,11-12H2,1H3,(H,17,18). The van der Waals surface area contributed by atoms with Crippen LogP contribution in [0.25, 0.3) is 0 Å². The van der Waals surface area contributed by atoms with Crippen LogP contribution in [0.2, 0.25) is 0 Å². The highest BCUT2D eigenvalue weighted by atomic mass is 16.5. The summed E-state index contributed by atoms with van der Waals surface area (Å²) in [4.78, 5) is 12.1. The Bertz CT molecular complexity index is 427. The Balaban J connectivity index is 1.99. The summed E-state index contributed by atoms with van der Waals surface area (Å²) in [5.41, 5.74) is 0.606. The highest BCUT2D eigenvalue weighted by molar-refractivity contribution is 5.96. The molecule has 1 saturated carbocycles. The van der Waals surface area contributed by atoms with Crippen molar-refractivity contribution in [1.29, 1.82) is 0 Å². The molecule has 4 heteroatoms. The fourth-order valence-corrected chi connectivity index (χ4v) is 2.48. The van der Waals surface area contributed by atoms with Crippen molar-refractivity contribution in [3.8, 4) is 5.75 Å². The number of carbonyl (C=O) groups excluding carboxylic acids is 1. The molecular weight excluding hydrogens is 254 g/mol. The van der Waals surface area contributed by atoms with Crippen molar-refractivity contribution >= 4 is 5.91 Å². The van der Waals surface area contributed by atoms with Crippen LogP contribution in [0.5, 0.6) is 5.75 Å². The van der Waals surface area contributed by atoms with Crippen LogP contribution < -0.4 is 10.1 Å². The van der Waals surface area contributed by atoms with E-state index in [1.807, 2.05) is 18.2 Å². The first-order valence-electron chi connectivity index (χ1n) is 7.34. The molecule has 1 N–H and O–H groups in total. The Morgan fingerprint density at radius 3 is 2.75 bits per heavy atom. The van der Waals surface area contributed by atoms with Crippen LogP contribution in [0, 0.1) is 0 Å². The second-order valence-electron chi connectivity index (χ2n) is 5.12. The molecule has 1 amide bonds. The lowest BCUT2D eigenvalue weighted by Crippen LogP contribution is -2.28. The first-order chi connectivity index (χ1) is 9.81. The number of hydrogen-bond acceptors (Lipinski definition) is 3. The third-order valence-electron chi connectivity index (χ3n) is 3.57. The van der Waals surface area contributed by atoms with Gasteiger partial charge in [-0.2, -0.15) is 0 Å². The second-order valence-corrected chi connectivity index (χ2v) is 5.12. The van der Waals surface area contributed by atoms with Crippen molar-refractivity contribution in [2.75, 3.05) is 20.3 Å². The van der Waals surface area contributed by atoms with Crippen LogP contribution in [0.15, 0.2) is 24.3 Å². The average Bonchev–Trinajstić information content (AvgIpc) is 2.49. The van der Waals surface area contributed by atoms with E-state index >= 15 is 0 Å². The van der Waals surface area contributed by atoms with Gasteiger partial charge in [0.1, 0.15) is 5.75 Å². The molecule has 1 fully saturated rings. The van der Waals surface area contributed by atoms with E-state index in [0.29, 0.717) is 24.5 Å². The van der Waals surface area contributed by atoms with Crippen LogP contribution in [0.4, 0.5) is 0 Å². The van der Waals surface area contributed by atoms with Crippen molar-refractivity contribution in [2.45, 2.75) is 38.2 Å². The molecule has 0 bridgehead atoms. The molecular formula is C16H23NO3. The minimum atomic E-state index is -0.103. The summed E-state index contributed by atoms with van der Waals surface area (Å²) in [5.74, 6) is 0.586. The van der Waals surface area contributed by atoms with Crippen LogP contribution in [-0.4, -0.2) is 32.3 Å². The molecule has 0 heterocycles. The molecule has 1 aliphatic carbocycles. The number of rotatable bonds is 6. The quantitative estimate of drug-likeness (QED) is 0.813. The molecule has 0 aliphatic heterocycles. The van der Waals surface area contributed by atoms with Gasteiger partial charge in [0, 0.05) is 13.7 Å². The Morgan fingerprint density at radius 1 is 1.25 bits per heavy atom. The van der Waals surface area contributed by atoms with E-state index in [4.69, 9.17) is 9.47 Å². The lowest BCUT2D eigenvalue weighted by Gasteiger charge is -2.24. The lowest BCUT2D eigenvalue weighted by atomic mass is 9.97. The smallest absolute Gasteiger partial charge is 0.255 e. The summed E-state index contributed by atoms with van der Waals surface area (Å²) in [6, 6.07) is 7.45. The largest absolute Gasteiger partial charge is 0.490 e. The van der Waals surface area contributed by atoms with Crippen molar-refractivity contribution in [3.63, 3.8) is 0 Å². The molecule has 1 aliphatic rings. The Kier molecular flexibility index (Phi) is 5.87. The molecule has 1 aromatic carbocycles. The number of methoxy groups -OCH3 is 1. The molecule has 0 saturated heterocycles. The third kappa shape index (κ3) is 4.23. The summed E-state index contributed by atoms with van der Waals surface area (Å²) >= 11 is 0. The zero-order valence-corrected chi connectivity index (χ0v) is 12.1. The summed E-state index contributed by atoms with van der Waals surface area (Å²) in [6.07, 6.45) is 6.13. The Hall–Kier alpha value is -1.55. The van der Waals surface area contributed by atoms with Crippen LogP contribution in [0.1, 0.15) is 42.5 Å². The van der Waals surface area contributed by atoms with Gasteiger partial charge < -0.3 is 14.8 Å². The van der Waals surface area contributed by atoms with Crippen molar-refractivity contribution in [2.24, 2.45) is 0 Å². The van der Waals surface area contributed by atoms with E-state index in [9.17, 15) is 4.79 Å². The molecule has 0 radical (unpaired) electrons. The van der Waals surface area contributed by atoms with Crippen molar-refractivity contribution < 1.29 is 14.3 Å². The normalized spacial score (nSPS) is 15.8. The Morgan fingerprint density at radius 2 is 2.00 bits per heavy atom. The van der Waals surface area contributed by atoms with Crippen molar-refractivity contribution in [3.05, 3.63) is 29.8 Å². The molecule has 0 aromatic heterocycles. The van der Waals surface area contributed by atoms with Gasteiger partial charge in [-0.1, -0.05) is 18.6 Å². The summed E-state index contributed by atoms with van der Waals surface area (Å²) < 4.78 is 11.0. The van der Waals surface area contributed by atoms with Gasteiger partial charge in [0.25, 0.3) is 5.91 Å². The average molecular weight is 277 g/mol. The predicted molar refractivity (Wildman–Crippen MR) is 78.2 cm³/mol. The Labute approximate surface area is 120 Å². The van der Waals surface area contributed by atoms with Gasteiger partial charge in [-0.3, -0.25) is 4.79 Å². The zero-order valence-electron chi connectivity index (χ0n) is 12.1. The molecule has 20 heavy (non-hydrogen) atoms. The van der Waals surface area contributed by atoms with E-state index in [-0.39, 0.29) is 12.0 Å². The second kappa shape index (κ2) is 7.90. The number of carbonyl (C=O) groups is 1. The fraction of sp³-hybridized carbons (Fsp3) is 0.562. The van der Waals surface area contributed by atoms with Gasteiger partial charge in [-0.25, -0.2) is 0 Å². The highest BCUT2D eigenvalue weighted by Crippen LogP contribution is 2.25. The van der Waals surface area contributed by atoms with Gasteiger partial charge in [-0.05, 0) is 37.8 Å². The van der Waals surface area contributed by atoms with Gasteiger partial charge >= 0.3 is 0 Å². The number of amides is 1. The summed E-state index contributed by atoms with van der Waals surface area (Å²) in [6.45, 7) is 1.02. The maximum Gasteiger partial charge on any atom is 0.255 e. The first-order valence-corrected chi connectivity index (χ1v) is 7.34. The lowest BCUT2D eigenvalue weighted by molar-refractivity contribution is 0.0925. The molecule has 2 rings (SSSR count). The minimum Gasteiger partial charge on any atom is -0.490 e. The molecule has 0 unspecified atom stereocenters. The predicted octanol–water partition coefficient (Wildman–Crippen LogP) is 2.77. The summed E-state index contributed by atoms with van der Waals surface area (Å²) in [7, 11) is 1.62. The van der Waals surface area contributed by atoms with Crippen LogP contribution in [0.3, 0.4) is 0 Å². The maximum absolute atomic E-state index is 12.1. The van der Waals surface area contributed by atoms with Gasteiger partial charge in [-0.15, -0.1) is 0 Å². The topological polar surface area (TPSA) is 47.6 Å². The molecule has 4 nitrogen and oxygen atoms in total. The van der Waals surface area contributed by atoms with E-state index in [1.165, 1.54) is 19.3 Å². The first kappa shape index (κ1) is 14.9. The monoisotopic (exact) mass is 277 g/mol. The van der Waals surface area contributed by atoms with Crippen molar-refractivity contribution in [1.82, 2.24) is 5.32 Å². The molecule has 0 spiro atoms. The fourth-order valence-electron chi connectivity index (χ4n) is 2.48. The highest BCUT2D eigenvalue weighted by Gasteiger charge is 2.18. The number of benzene rings is 1. The molecule has 1 aromatic rings. The van der Waals surface area contributed by atoms with E-state index in [1.54, 1.807) is 13.2 Å².